The van der Waals surface area contributed by atoms with E-state index in [-0.39, 0.29) is 0 Å². The third-order valence-electron chi connectivity index (χ3n) is 2.09. The molecule has 0 bridgehead atoms. The van der Waals surface area contributed by atoms with Crippen molar-refractivity contribution in [3.05, 3.63) is 30.2 Å². The summed E-state index contributed by atoms with van der Waals surface area (Å²) in [5, 5.41) is 0. The molecule has 0 aliphatic heterocycles. The molecule has 0 fully saturated rings. The Hall–Kier alpha value is -1.22. The van der Waals surface area contributed by atoms with E-state index in [0.29, 0.717) is 5.88 Å². The van der Waals surface area contributed by atoms with Crippen molar-refractivity contribution in [2.75, 3.05) is 5.88 Å². The van der Waals surface area contributed by atoms with Crippen molar-refractivity contribution in [1.29, 1.82) is 0 Å². The van der Waals surface area contributed by atoms with Gasteiger partial charge in [0.15, 0.2) is 11.7 Å². The van der Waals surface area contributed by atoms with E-state index in [0.717, 1.165) is 35.8 Å². The van der Waals surface area contributed by atoms with Gasteiger partial charge in [0.2, 0.25) is 0 Å². The van der Waals surface area contributed by atoms with E-state index >= 15 is 0 Å². The highest BCUT2D eigenvalue weighted by molar-refractivity contribution is 6.17. The van der Waals surface area contributed by atoms with Crippen LogP contribution < -0.4 is 0 Å². The second-order valence-electron chi connectivity index (χ2n) is 3.36. The van der Waals surface area contributed by atoms with Crippen molar-refractivity contribution in [1.82, 2.24) is 4.98 Å². The number of rotatable bonds is 4. The third-order valence-corrected chi connectivity index (χ3v) is 2.36. The maximum absolute atomic E-state index is 5.59. The van der Waals surface area contributed by atoms with Gasteiger partial charge >= 0.3 is 0 Å². The van der Waals surface area contributed by atoms with Crippen LogP contribution in [0.2, 0.25) is 0 Å². The summed E-state index contributed by atoms with van der Waals surface area (Å²) >= 11 is 5.59. The standard InChI is InChI=1S/C11H12ClNO2/c1-8-5-9(7-14-8)10-6-13-11(15-10)3-2-4-12/h5-7H,2-4H2,1H3. The molecule has 0 N–H and O–H groups in total. The van der Waals surface area contributed by atoms with Gasteiger partial charge in [-0.15, -0.1) is 11.6 Å². The molecule has 0 saturated carbocycles. The van der Waals surface area contributed by atoms with Crippen molar-refractivity contribution in [2.24, 2.45) is 0 Å². The topological polar surface area (TPSA) is 39.2 Å². The molecule has 0 amide bonds. The highest BCUT2D eigenvalue weighted by Crippen LogP contribution is 2.22. The minimum Gasteiger partial charge on any atom is -0.469 e. The lowest BCUT2D eigenvalue weighted by atomic mass is 10.3. The van der Waals surface area contributed by atoms with E-state index in [1.807, 2.05) is 13.0 Å². The smallest absolute Gasteiger partial charge is 0.194 e. The Labute approximate surface area is 93.1 Å². The Balaban J connectivity index is 2.13. The maximum atomic E-state index is 5.59. The van der Waals surface area contributed by atoms with Crippen LogP contribution in [0.15, 0.2) is 27.4 Å². The Bertz CT molecular complexity index is 433. The number of hydrogen-bond donors (Lipinski definition) is 0. The molecule has 0 aliphatic rings. The molecule has 2 rings (SSSR count). The Kier molecular flexibility index (Phi) is 3.11. The molecule has 2 heterocycles. The van der Waals surface area contributed by atoms with Gasteiger partial charge in [-0.1, -0.05) is 0 Å². The van der Waals surface area contributed by atoms with E-state index in [1.54, 1.807) is 12.5 Å². The molecule has 0 aliphatic carbocycles. The lowest BCUT2D eigenvalue weighted by Gasteiger charge is -1.90. The quantitative estimate of drug-likeness (QED) is 0.749. The minimum atomic E-state index is 0.628. The van der Waals surface area contributed by atoms with Gasteiger partial charge in [-0.2, -0.15) is 0 Å². The normalized spacial score (nSPS) is 10.8. The van der Waals surface area contributed by atoms with Crippen LogP contribution in [0.5, 0.6) is 0 Å². The highest BCUT2D eigenvalue weighted by Gasteiger charge is 2.08. The maximum Gasteiger partial charge on any atom is 0.194 e. The largest absolute Gasteiger partial charge is 0.469 e. The lowest BCUT2D eigenvalue weighted by molar-refractivity contribution is 0.501. The van der Waals surface area contributed by atoms with Gasteiger partial charge in [-0.3, -0.25) is 0 Å². The zero-order valence-electron chi connectivity index (χ0n) is 8.50. The van der Waals surface area contributed by atoms with Crippen LogP contribution in [-0.2, 0) is 6.42 Å². The molecule has 80 valence electrons. The first-order valence-corrected chi connectivity index (χ1v) is 5.39. The summed E-state index contributed by atoms with van der Waals surface area (Å²) in [4.78, 5) is 4.17. The molecule has 0 aromatic carbocycles. The molecule has 4 heteroatoms. The fraction of sp³-hybridized carbons (Fsp3) is 0.364. The van der Waals surface area contributed by atoms with E-state index in [9.17, 15) is 0 Å². The molecular weight excluding hydrogens is 214 g/mol. The zero-order valence-corrected chi connectivity index (χ0v) is 9.25. The van der Waals surface area contributed by atoms with Gasteiger partial charge in [0.25, 0.3) is 0 Å². The lowest BCUT2D eigenvalue weighted by Crippen LogP contribution is -1.84. The molecule has 3 nitrogen and oxygen atoms in total. The molecule has 2 aromatic rings. The zero-order chi connectivity index (χ0) is 10.7. The van der Waals surface area contributed by atoms with E-state index in [2.05, 4.69) is 4.98 Å². The van der Waals surface area contributed by atoms with Crippen LogP contribution in [0.4, 0.5) is 0 Å². The number of hydrogen-bond acceptors (Lipinski definition) is 3. The average Bonchev–Trinajstić information content (AvgIpc) is 2.83. The first-order chi connectivity index (χ1) is 7.29. The van der Waals surface area contributed by atoms with Crippen molar-refractivity contribution in [2.45, 2.75) is 19.8 Å². The Morgan fingerprint density at radius 3 is 3.00 bits per heavy atom. The number of aromatic nitrogens is 1. The van der Waals surface area contributed by atoms with Crippen LogP contribution in [0, 0.1) is 6.92 Å². The summed E-state index contributed by atoms with van der Waals surface area (Å²) in [5.41, 5.74) is 0.928. The number of oxazole rings is 1. The van der Waals surface area contributed by atoms with Crippen molar-refractivity contribution in [3.8, 4) is 11.3 Å². The van der Waals surface area contributed by atoms with Crippen molar-refractivity contribution in [3.63, 3.8) is 0 Å². The van der Waals surface area contributed by atoms with Crippen LogP contribution >= 0.6 is 11.6 Å². The van der Waals surface area contributed by atoms with E-state index in [1.165, 1.54) is 0 Å². The molecule has 0 saturated heterocycles. The summed E-state index contributed by atoms with van der Waals surface area (Å²) in [5.74, 6) is 2.97. The van der Waals surface area contributed by atoms with Crippen LogP contribution in [0.25, 0.3) is 11.3 Å². The summed E-state index contributed by atoms with van der Waals surface area (Å²) in [6.45, 7) is 1.90. The summed E-state index contributed by atoms with van der Waals surface area (Å²) < 4.78 is 10.8. The van der Waals surface area contributed by atoms with Gasteiger partial charge in [0.05, 0.1) is 11.8 Å². The monoisotopic (exact) mass is 225 g/mol. The van der Waals surface area contributed by atoms with Crippen LogP contribution in [0.3, 0.4) is 0 Å². The molecular formula is C11H12ClNO2. The molecule has 0 spiro atoms. The van der Waals surface area contributed by atoms with Gasteiger partial charge in [-0.25, -0.2) is 4.98 Å². The van der Waals surface area contributed by atoms with Crippen LogP contribution in [-0.4, -0.2) is 10.9 Å². The Morgan fingerprint density at radius 2 is 2.33 bits per heavy atom. The minimum absolute atomic E-state index is 0.628. The fourth-order valence-corrected chi connectivity index (χ4v) is 1.48. The molecule has 2 aromatic heterocycles. The van der Waals surface area contributed by atoms with Gasteiger partial charge in [-0.05, 0) is 19.4 Å². The van der Waals surface area contributed by atoms with E-state index < -0.39 is 0 Å². The number of furan rings is 1. The molecule has 0 atom stereocenters. The predicted molar refractivity (Wildman–Crippen MR) is 58.0 cm³/mol. The first kappa shape index (κ1) is 10.3. The Morgan fingerprint density at radius 1 is 1.47 bits per heavy atom. The van der Waals surface area contributed by atoms with Gasteiger partial charge in [0, 0.05) is 12.3 Å². The average molecular weight is 226 g/mol. The number of halogens is 1. The SMILES string of the molecule is Cc1cc(-c2cnc(CCCCl)o2)co1. The summed E-state index contributed by atoms with van der Waals surface area (Å²) in [6.07, 6.45) is 5.04. The summed E-state index contributed by atoms with van der Waals surface area (Å²) in [7, 11) is 0. The third kappa shape index (κ3) is 2.42. The van der Waals surface area contributed by atoms with Crippen molar-refractivity contribution < 1.29 is 8.83 Å². The van der Waals surface area contributed by atoms with E-state index in [4.69, 9.17) is 20.4 Å². The van der Waals surface area contributed by atoms with Crippen LogP contribution in [0.1, 0.15) is 18.1 Å². The fourth-order valence-electron chi connectivity index (χ4n) is 1.35. The van der Waals surface area contributed by atoms with Gasteiger partial charge < -0.3 is 8.83 Å². The second-order valence-corrected chi connectivity index (χ2v) is 3.73. The second kappa shape index (κ2) is 4.53. The first-order valence-electron chi connectivity index (χ1n) is 4.86. The number of nitrogens with zero attached hydrogens (tertiary/aromatic N) is 1. The predicted octanol–water partition coefficient (Wildman–Crippen LogP) is 3.41. The highest BCUT2D eigenvalue weighted by atomic mass is 35.5. The number of aryl methyl sites for hydroxylation is 2. The molecule has 0 radical (unpaired) electrons. The molecule has 15 heavy (non-hydrogen) atoms. The summed E-state index contributed by atoms with van der Waals surface area (Å²) in [6, 6.07) is 1.92. The molecule has 0 unspecified atom stereocenters. The van der Waals surface area contributed by atoms with Gasteiger partial charge in [0.1, 0.15) is 12.0 Å². The number of alkyl halides is 1. The van der Waals surface area contributed by atoms with Crippen molar-refractivity contribution >= 4 is 11.6 Å².